The van der Waals surface area contributed by atoms with Crippen molar-refractivity contribution >= 4 is 23.8 Å². The summed E-state index contributed by atoms with van der Waals surface area (Å²) in [5.41, 5.74) is 0.0120. The monoisotopic (exact) mass is 602 g/mol. The zero-order valence-corrected chi connectivity index (χ0v) is 25.8. The van der Waals surface area contributed by atoms with E-state index in [4.69, 9.17) is 4.74 Å². The van der Waals surface area contributed by atoms with E-state index in [1.165, 1.54) is 0 Å². The molecule has 0 spiro atoms. The van der Waals surface area contributed by atoms with Crippen LogP contribution in [0.1, 0.15) is 90.5 Å². The Labute approximate surface area is 254 Å². The van der Waals surface area contributed by atoms with Crippen molar-refractivity contribution in [1.82, 2.24) is 21.3 Å². The Morgan fingerprint density at radius 2 is 1.70 bits per heavy atom. The van der Waals surface area contributed by atoms with Crippen molar-refractivity contribution in [3.63, 3.8) is 0 Å². The van der Waals surface area contributed by atoms with Crippen molar-refractivity contribution in [2.45, 2.75) is 127 Å². The van der Waals surface area contributed by atoms with Gasteiger partial charge in [0.15, 0.2) is 0 Å². The normalized spacial score (nSPS) is 25.5. The van der Waals surface area contributed by atoms with E-state index in [0.29, 0.717) is 25.3 Å². The molecule has 1 saturated carbocycles. The van der Waals surface area contributed by atoms with Crippen molar-refractivity contribution in [2.24, 2.45) is 5.92 Å². The molecule has 0 unspecified atom stereocenters. The van der Waals surface area contributed by atoms with Crippen LogP contribution in [0.2, 0.25) is 0 Å². The van der Waals surface area contributed by atoms with Gasteiger partial charge in [0.25, 0.3) is 0 Å². The highest BCUT2D eigenvalue weighted by molar-refractivity contribution is 5.92. The SMILES string of the molecule is CC(C)(C)OC(=O)N[C@@H](Cc1ccccc1)C(=O)N[C@H]1CCC(=O)NCCC[C@@H](O)[C@H](O)[C@H](CC2CCCCC2)NC1=O. The molecule has 2 aliphatic rings. The summed E-state index contributed by atoms with van der Waals surface area (Å²) in [5, 5.41) is 32.9. The quantitative estimate of drug-likeness (QED) is 0.279. The molecular formula is C32H50N4O7. The minimum atomic E-state index is -1.20. The van der Waals surface area contributed by atoms with Gasteiger partial charge in [-0.3, -0.25) is 14.4 Å². The van der Waals surface area contributed by atoms with Crippen LogP contribution in [0.5, 0.6) is 0 Å². The molecule has 2 fully saturated rings. The van der Waals surface area contributed by atoms with Gasteiger partial charge >= 0.3 is 6.09 Å². The van der Waals surface area contributed by atoms with Crippen molar-refractivity contribution in [1.29, 1.82) is 0 Å². The molecule has 43 heavy (non-hydrogen) atoms. The van der Waals surface area contributed by atoms with E-state index < -0.39 is 53.8 Å². The number of carbonyl (C=O) groups excluding carboxylic acids is 4. The number of rotatable bonds is 7. The first-order valence-electron chi connectivity index (χ1n) is 15.7. The molecule has 3 rings (SSSR count). The Morgan fingerprint density at radius 3 is 2.37 bits per heavy atom. The lowest BCUT2D eigenvalue weighted by molar-refractivity contribution is -0.132. The van der Waals surface area contributed by atoms with E-state index in [0.717, 1.165) is 37.7 Å². The molecule has 11 heteroatoms. The van der Waals surface area contributed by atoms with E-state index >= 15 is 0 Å². The fourth-order valence-corrected chi connectivity index (χ4v) is 5.74. The lowest BCUT2D eigenvalue weighted by Crippen LogP contribution is -2.58. The van der Waals surface area contributed by atoms with Gasteiger partial charge in [-0.25, -0.2) is 4.79 Å². The zero-order valence-electron chi connectivity index (χ0n) is 25.8. The van der Waals surface area contributed by atoms with E-state index in [1.54, 1.807) is 20.8 Å². The third-order valence-corrected chi connectivity index (χ3v) is 8.03. The predicted octanol–water partition coefficient (Wildman–Crippen LogP) is 2.47. The third kappa shape index (κ3) is 12.1. The van der Waals surface area contributed by atoms with Gasteiger partial charge in [-0.2, -0.15) is 0 Å². The minimum Gasteiger partial charge on any atom is -0.444 e. The molecule has 0 radical (unpaired) electrons. The van der Waals surface area contributed by atoms with Gasteiger partial charge in [-0.15, -0.1) is 0 Å². The van der Waals surface area contributed by atoms with Crippen molar-refractivity contribution in [3.05, 3.63) is 35.9 Å². The maximum absolute atomic E-state index is 13.7. The first-order chi connectivity index (χ1) is 20.4. The summed E-state index contributed by atoms with van der Waals surface area (Å²) in [4.78, 5) is 52.5. The largest absolute Gasteiger partial charge is 0.444 e. The van der Waals surface area contributed by atoms with Crippen LogP contribution in [0, 0.1) is 5.92 Å². The van der Waals surface area contributed by atoms with Crippen molar-refractivity contribution in [2.75, 3.05) is 6.54 Å². The van der Waals surface area contributed by atoms with Gasteiger partial charge in [0.2, 0.25) is 17.7 Å². The van der Waals surface area contributed by atoms with Crippen LogP contribution >= 0.6 is 0 Å². The number of ether oxygens (including phenoxy) is 1. The summed E-state index contributed by atoms with van der Waals surface area (Å²) < 4.78 is 5.38. The molecule has 0 bridgehead atoms. The van der Waals surface area contributed by atoms with E-state index in [9.17, 15) is 29.4 Å². The summed E-state index contributed by atoms with van der Waals surface area (Å²) >= 11 is 0. The number of alkyl carbamates (subject to hydrolysis) is 1. The second-order valence-corrected chi connectivity index (χ2v) is 12.9. The van der Waals surface area contributed by atoms with Crippen LogP contribution < -0.4 is 21.3 Å². The molecule has 1 aromatic rings. The van der Waals surface area contributed by atoms with Crippen molar-refractivity contribution < 1.29 is 34.1 Å². The Kier molecular flexibility index (Phi) is 13.3. The molecule has 6 N–H and O–H groups in total. The molecule has 1 aliphatic heterocycles. The van der Waals surface area contributed by atoms with Gasteiger partial charge in [0, 0.05) is 19.4 Å². The standard InChI is InChI=1S/C32H50N4O7/c1-32(2,3)43-31(42)36-25(20-22-13-8-5-9-14-22)30(41)34-23-16-17-27(38)33-18-10-15-26(37)28(39)24(35-29(23)40)19-21-11-6-4-7-12-21/h5,8-9,13-14,21,23-26,28,37,39H,4,6-7,10-12,15-20H2,1-3H3,(H,33,38)(H,34,41)(H,35,40)(H,36,42)/t23-,24-,25-,26+,28+/m0/s1. The molecule has 1 heterocycles. The van der Waals surface area contributed by atoms with Gasteiger partial charge in [-0.05, 0) is 57.9 Å². The Hall–Kier alpha value is -3.18. The number of nitrogens with one attached hydrogen (secondary N) is 4. The summed E-state index contributed by atoms with van der Waals surface area (Å²) in [6, 6.07) is 6.26. The van der Waals surface area contributed by atoms with Crippen LogP contribution in [0.25, 0.3) is 0 Å². The Bertz CT molecular complexity index is 1060. The number of benzene rings is 1. The van der Waals surface area contributed by atoms with Gasteiger partial charge < -0.3 is 36.2 Å². The molecular weight excluding hydrogens is 552 g/mol. The second-order valence-electron chi connectivity index (χ2n) is 12.9. The molecule has 1 aromatic carbocycles. The van der Waals surface area contributed by atoms with Gasteiger partial charge in [0.1, 0.15) is 17.7 Å². The first-order valence-corrected chi connectivity index (χ1v) is 15.7. The smallest absolute Gasteiger partial charge is 0.408 e. The average molecular weight is 603 g/mol. The molecule has 4 amide bonds. The van der Waals surface area contributed by atoms with Crippen LogP contribution in [-0.2, 0) is 25.5 Å². The summed E-state index contributed by atoms with van der Waals surface area (Å²) in [6.45, 7) is 5.48. The number of amides is 4. The highest BCUT2D eigenvalue weighted by Gasteiger charge is 2.34. The first kappa shape index (κ1) is 34.3. The minimum absolute atomic E-state index is 0.0143. The third-order valence-electron chi connectivity index (χ3n) is 8.03. The fraction of sp³-hybridized carbons (Fsp3) is 0.688. The van der Waals surface area contributed by atoms with Gasteiger partial charge in [0.05, 0.1) is 18.2 Å². The zero-order chi connectivity index (χ0) is 31.4. The Balaban J connectivity index is 1.82. The number of aliphatic hydroxyl groups is 2. The molecule has 0 aromatic heterocycles. The van der Waals surface area contributed by atoms with Crippen molar-refractivity contribution in [3.8, 4) is 0 Å². The number of aliphatic hydroxyl groups excluding tert-OH is 2. The highest BCUT2D eigenvalue weighted by Crippen LogP contribution is 2.29. The predicted molar refractivity (Wildman–Crippen MR) is 162 cm³/mol. The van der Waals surface area contributed by atoms with E-state index in [-0.39, 0.29) is 31.6 Å². The fourth-order valence-electron chi connectivity index (χ4n) is 5.74. The van der Waals surface area contributed by atoms with Crippen LogP contribution in [0.4, 0.5) is 4.79 Å². The second kappa shape index (κ2) is 16.6. The molecule has 11 nitrogen and oxygen atoms in total. The Morgan fingerprint density at radius 1 is 1.00 bits per heavy atom. The lowest BCUT2D eigenvalue weighted by atomic mass is 9.82. The molecule has 5 atom stereocenters. The lowest BCUT2D eigenvalue weighted by Gasteiger charge is -2.33. The number of carbonyl (C=O) groups is 4. The molecule has 1 saturated heterocycles. The molecule has 1 aliphatic carbocycles. The van der Waals surface area contributed by atoms with Crippen LogP contribution in [-0.4, -0.2) is 76.5 Å². The van der Waals surface area contributed by atoms with Gasteiger partial charge in [-0.1, -0.05) is 62.4 Å². The maximum atomic E-state index is 13.7. The average Bonchev–Trinajstić information content (AvgIpc) is 2.96. The number of hydrogen-bond donors (Lipinski definition) is 6. The van der Waals surface area contributed by atoms with E-state index in [1.807, 2.05) is 30.3 Å². The summed E-state index contributed by atoms with van der Waals surface area (Å²) in [6.07, 6.45) is 3.69. The maximum Gasteiger partial charge on any atom is 0.408 e. The van der Waals surface area contributed by atoms with Crippen LogP contribution in [0.15, 0.2) is 30.3 Å². The van der Waals surface area contributed by atoms with Crippen LogP contribution in [0.3, 0.4) is 0 Å². The topological polar surface area (TPSA) is 166 Å². The highest BCUT2D eigenvalue weighted by atomic mass is 16.6. The number of hydrogen-bond acceptors (Lipinski definition) is 7. The summed E-state index contributed by atoms with van der Waals surface area (Å²) in [7, 11) is 0. The summed E-state index contributed by atoms with van der Waals surface area (Å²) in [5.74, 6) is -1.14. The molecule has 240 valence electrons. The van der Waals surface area contributed by atoms with E-state index in [2.05, 4.69) is 21.3 Å².